The van der Waals surface area contributed by atoms with E-state index in [1.807, 2.05) is 66.7 Å². The van der Waals surface area contributed by atoms with Crippen LogP contribution in [-0.2, 0) is 26.0 Å². The third-order valence-corrected chi connectivity index (χ3v) is 9.74. The normalized spacial score (nSPS) is 15.6. The third-order valence-electron chi connectivity index (χ3n) is 6.46. The highest BCUT2D eigenvalue weighted by atomic mass is 32.2. The van der Waals surface area contributed by atoms with Crippen LogP contribution in [0.5, 0.6) is 0 Å². The van der Waals surface area contributed by atoms with E-state index in [0.29, 0.717) is 12.0 Å². The Balaban J connectivity index is 1.28. The molecule has 0 spiro atoms. The molecule has 0 aliphatic carbocycles. The molecule has 4 aromatic rings. The molecule has 0 amide bonds. The topological polar surface area (TPSA) is 80.8 Å². The van der Waals surface area contributed by atoms with E-state index in [9.17, 15) is 18.0 Å². The first-order chi connectivity index (χ1) is 17.9. The Morgan fingerprint density at radius 2 is 1.57 bits per heavy atom. The summed E-state index contributed by atoms with van der Waals surface area (Å²) in [6, 6.07) is 27.1. The summed E-state index contributed by atoms with van der Waals surface area (Å²) in [7, 11) is -3.78. The fourth-order valence-electron chi connectivity index (χ4n) is 4.58. The van der Waals surface area contributed by atoms with Crippen LogP contribution in [0.3, 0.4) is 0 Å². The van der Waals surface area contributed by atoms with Gasteiger partial charge in [0.2, 0.25) is 0 Å². The second-order valence-corrected chi connectivity index (χ2v) is 11.8. The lowest BCUT2D eigenvalue weighted by Crippen LogP contribution is -2.41. The van der Waals surface area contributed by atoms with Crippen molar-refractivity contribution in [2.75, 3.05) is 13.2 Å². The third kappa shape index (κ3) is 5.41. The number of carbonyl (C=O) groups excluding carboxylic acids is 2. The lowest BCUT2D eigenvalue weighted by atomic mass is 9.92. The molecule has 188 valence electrons. The van der Waals surface area contributed by atoms with Crippen LogP contribution in [-0.4, -0.2) is 37.6 Å². The summed E-state index contributed by atoms with van der Waals surface area (Å²) < 4.78 is 33.7. The van der Waals surface area contributed by atoms with Crippen molar-refractivity contribution in [3.05, 3.63) is 113 Å². The standard InChI is InChI=1S/C29H25NO5S2/c31-27(24-14-12-22(13-15-24)21-7-2-1-3-8-21)20-35-28(32)19-26-25-10-5-4-9-23(25)16-17-30(26)37(33,34)29-11-6-18-36-29/h1-15,18,26H,16-17,19-20H2. The lowest BCUT2D eigenvalue weighted by Gasteiger charge is -2.35. The molecule has 1 unspecified atom stereocenters. The van der Waals surface area contributed by atoms with Gasteiger partial charge in [0.05, 0.1) is 12.5 Å². The molecule has 0 saturated carbocycles. The Kier molecular flexibility index (Phi) is 7.32. The summed E-state index contributed by atoms with van der Waals surface area (Å²) in [6.45, 7) is -0.141. The molecule has 0 radical (unpaired) electrons. The van der Waals surface area contributed by atoms with E-state index in [2.05, 4.69) is 0 Å². The van der Waals surface area contributed by atoms with Crippen molar-refractivity contribution in [2.24, 2.45) is 0 Å². The quantitative estimate of drug-likeness (QED) is 0.221. The number of sulfonamides is 1. The summed E-state index contributed by atoms with van der Waals surface area (Å²) >= 11 is 1.15. The number of benzene rings is 3. The second kappa shape index (κ2) is 10.8. The van der Waals surface area contributed by atoms with Gasteiger partial charge in [0, 0.05) is 12.1 Å². The number of nitrogens with zero attached hydrogens (tertiary/aromatic N) is 1. The molecule has 0 saturated heterocycles. The Bertz CT molecular complexity index is 1500. The van der Waals surface area contributed by atoms with E-state index in [1.165, 1.54) is 4.31 Å². The molecule has 37 heavy (non-hydrogen) atoms. The maximum absolute atomic E-state index is 13.4. The molecule has 0 bridgehead atoms. The van der Waals surface area contributed by atoms with E-state index >= 15 is 0 Å². The first kappa shape index (κ1) is 25.1. The number of rotatable bonds is 8. The number of fused-ring (bicyclic) bond motifs is 1. The molecular weight excluding hydrogens is 506 g/mol. The highest BCUT2D eigenvalue weighted by molar-refractivity contribution is 7.91. The first-order valence-corrected chi connectivity index (χ1v) is 14.2. The fourth-order valence-corrected chi connectivity index (χ4v) is 7.30. The van der Waals surface area contributed by atoms with Crippen LogP contribution < -0.4 is 0 Å². The van der Waals surface area contributed by atoms with Crippen LogP contribution in [0.4, 0.5) is 0 Å². The van der Waals surface area contributed by atoms with E-state index in [0.717, 1.165) is 33.6 Å². The molecular formula is C29H25NO5S2. The van der Waals surface area contributed by atoms with Gasteiger partial charge in [-0.05, 0) is 40.1 Å². The van der Waals surface area contributed by atoms with Gasteiger partial charge < -0.3 is 4.74 Å². The van der Waals surface area contributed by atoms with Crippen LogP contribution in [0, 0.1) is 0 Å². The number of carbonyl (C=O) groups is 2. The zero-order chi connectivity index (χ0) is 25.8. The molecule has 1 atom stereocenters. The van der Waals surface area contributed by atoms with Gasteiger partial charge in [-0.1, -0.05) is 84.9 Å². The zero-order valence-electron chi connectivity index (χ0n) is 19.9. The van der Waals surface area contributed by atoms with Crippen molar-refractivity contribution in [1.82, 2.24) is 4.31 Å². The van der Waals surface area contributed by atoms with Gasteiger partial charge >= 0.3 is 5.97 Å². The van der Waals surface area contributed by atoms with Crippen molar-refractivity contribution < 1.29 is 22.7 Å². The van der Waals surface area contributed by atoms with Crippen molar-refractivity contribution in [2.45, 2.75) is 23.1 Å². The second-order valence-electron chi connectivity index (χ2n) is 8.74. The van der Waals surface area contributed by atoms with Gasteiger partial charge in [-0.15, -0.1) is 11.3 Å². The molecule has 2 heterocycles. The zero-order valence-corrected chi connectivity index (χ0v) is 21.6. The summed E-state index contributed by atoms with van der Waals surface area (Å²) in [5.41, 5.74) is 4.26. The van der Waals surface area contributed by atoms with Crippen molar-refractivity contribution in [3.8, 4) is 11.1 Å². The maximum Gasteiger partial charge on any atom is 0.308 e. The smallest absolute Gasteiger partial charge is 0.308 e. The number of hydrogen-bond acceptors (Lipinski definition) is 6. The number of ether oxygens (including phenoxy) is 1. The Morgan fingerprint density at radius 3 is 2.30 bits per heavy atom. The number of Topliss-reactive ketones (excluding diaryl/α,β-unsaturated/α-hetero) is 1. The molecule has 0 fully saturated rings. The molecule has 6 nitrogen and oxygen atoms in total. The van der Waals surface area contributed by atoms with Crippen LogP contribution in [0.25, 0.3) is 11.1 Å². The predicted molar refractivity (Wildman–Crippen MR) is 143 cm³/mol. The Hall–Kier alpha value is -3.59. The number of ketones is 1. The average Bonchev–Trinajstić information content (AvgIpc) is 3.49. The van der Waals surface area contributed by atoms with Crippen molar-refractivity contribution >= 4 is 33.1 Å². The first-order valence-electron chi connectivity index (χ1n) is 11.9. The average molecular weight is 532 g/mol. The summed E-state index contributed by atoms with van der Waals surface area (Å²) in [5, 5.41) is 1.71. The van der Waals surface area contributed by atoms with E-state index in [4.69, 9.17) is 4.74 Å². The fraction of sp³-hybridized carbons (Fsp3) is 0.172. The molecule has 3 aromatic carbocycles. The van der Waals surface area contributed by atoms with Crippen molar-refractivity contribution in [3.63, 3.8) is 0 Å². The number of hydrogen-bond donors (Lipinski definition) is 0. The molecule has 1 aliphatic rings. The molecule has 1 aromatic heterocycles. The maximum atomic E-state index is 13.4. The van der Waals surface area contributed by atoms with Crippen LogP contribution in [0.15, 0.2) is 101 Å². The van der Waals surface area contributed by atoms with Gasteiger partial charge in [0.15, 0.2) is 12.4 Å². The molecule has 8 heteroatoms. The van der Waals surface area contributed by atoms with Crippen molar-refractivity contribution in [1.29, 1.82) is 0 Å². The number of thiophene rings is 1. The summed E-state index contributed by atoms with van der Waals surface area (Å²) in [5.74, 6) is -0.942. The minimum Gasteiger partial charge on any atom is -0.457 e. The summed E-state index contributed by atoms with van der Waals surface area (Å²) in [6.07, 6.45) is 0.381. The van der Waals surface area contributed by atoms with Gasteiger partial charge in [0.25, 0.3) is 10.0 Å². The molecule has 1 aliphatic heterocycles. The Morgan fingerprint density at radius 1 is 0.865 bits per heavy atom. The molecule has 0 N–H and O–H groups in total. The molecule has 5 rings (SSSR count). The predicted octanol–water partition coefficient (Wildman–Crippen LogP) is 5.52. The lowest BCUT2D eigenvalue weighted by molar-refractivity contribution is -0.143. The highest BCUT2D eigenvalue weighted by Gasteiger charge is 2.38. The van der Waals surface area contributed by atoms with Gasteiger partial charge in [-0.25, -0.2) is 8.42 Å². The van der Waals surface area contributed by atoms with Crippen LogP contribution in [0.1, 0.15) is 33.9 Å². The minimum atomic E-state index is -3.78. The monoisotopic (exact) mass is 531 g/mol. The van der Waals surface area contributed by atoms with Gasteiger partial charge in [-0.3, -0.25) is 9.59 Å². The van der Waals surface area contributed by atoms with Gasteiger partial charge in [0.1, 0.15) is 4.21 Å². The minimum absolute atomic E-state index is 0.179. The number of esters is 1. The highest BCUT2D eigenvalue weighted by Crippen LogP contribution is 2.37. The van der Waals surface area contributed by atoms with E-state index < -0.39 is 28.6 Å². The SMILES string of the molecule is O=C(CC1c2ccccc2CCN1S(=O)(=O)c1cccs1)OCC(=O)c1ccc(-c2ccccc2)cc1. The Labute approximate surface area is 220 Å². The summed E-state index contributed by atoms with van der Waals surface area (Å²) in [4.78, 5) is 25.5. The van der Waals surface area contributed by atoms with Gasteiger partial charge in [-0.2, -0.15) is 4.31 Å². The van der Waals surface area contributed by atoms with E-state index in [1.54, 1.807) is 29.6 Å². The largest absolute Gasteiger partial charge is 0.457 e. The van der Waals surface area contributed by atoms with Crippen LogP contribution in [0.2, 0.25) is 0 Å². The van der Waals surface area contributed by atoms with Crippen LogP contribution >= 0.6 is 11.3 Å². The van der Waals surface area contributed by atoms with E-state index in [-0.39, 0.29) is 23.0 Å².